The van der Waals surface area contributed by atoms with Gasteiger partial charge in [0.05, 0.1) is 12.0 Å². The first-order chi connectivity index (χ1) is 9.16. The highest BCUT2D eigenvalue weighted by molar-refractivity contribution is 7.12. The molecule has 0 saturated heterocycles. The fraction of sp³-hybridized carbons (Fsp3) is 0.600. The van der Waals surface area contributed by atoms with Crippen molar-refractivity contribution >= 4 is 23.2 Å². The van der Waals surface area contributed by atoms with E-state index in [0.29, 0.717) is 6.54 Å². The third-order valence-electron chi connectivity index (χ3n) is 3.97. The van der Waals surface area contributed by atoms with Gasteiger partial charge in [0.1, 0.15) is 0 Å². The molecule has 5 heteroatoms. The number of thiophene rings is 1. The highest BCUT2D eigenvalue weighted by Gasteiger charge is 2.38. The van der Waals surface area contributed by atoms with E-state index in [9.17, 15) is 14.7 Å². The first-order valence-corrected chi connectivity index (χ1v) is 7.54. The lowest BCUT2D eigenvalue weighted by molar-refractivity contribution is -0.153. The zero-order chi connectivity index (χ0) is 15.5. The molecule has 0 radical (unpaired) electrons. The van der Waals surface area contributed by atoms with Crippen LogP contribution in [0.3, 0.4) is 0 Å². The van der Waals surface area contributed by atoms with Gasteiger partial charge in [-0.05, 0) is 38.3 Å². The number of hydrogen-bond acceptors (Lipinski definition) is 3. The van der Waals surface area contributed by atoms with E-state index in [4.69, 9.17) is 0 Å². The van der Waals surface area contributed by atoms with Crippen LogP contribution in [0.5, 0.6) is 0 Å². The standard InChI is InChI=1S/C15H23NO3S/c1-9(2)15(5,14(18)19)7-13(17)16-8-12-6-10(3)11(4)20-12/h6,9H,7-8H2,1-5H3,(H,16,17)(H,18,19). The van der Waals surface area contributed by atoms with Crippen molar-refractivity contribution in [2.45, 2.75) is 47.6 Å². The number of carboxylic acids is 1. The summed E-state index contributed by atoms with van der Waals surface area (Å²) in [6, 6.07) is 2.05. The Morgan fingerprint density at radius 1 is 1.40 bits per heavy atom. The molecule has 1 atom stereocenters. The molecule has 112 valence electrons. The van der Waals surface area contributed by atoms with Crippen LogP contribution in [0.25, 0.3) is 0 Å². The Morgan fingerprint density at radius 2 is 2.00 bits per heavy atom. The summed E-state index contributed by atoms with van der Waals surface area (Å²) in [5, 5.41) is 12.1. The van der Waals surface area contributed by atoms with E-state index in [1.807, 2.05) is 27.7 Å². The summed E-state index contributed by atoms with van der Waals surface area (Å²) in [5.41, 5.74) is 0.197. The molecule has 4 nitrogen and oxygen atoms in total. The van der Waals surface area contributed by atoms with Crippen LogP contribution in [-0.4, -0.2) is 17.0 Å². The maximum absolute atomic E-state index is 12.0. The van der Waals surface area contributed by atoms with Gasteiger partial charge in [-0.3, -0.25) is 9.59 Å². The third-order valence-corrected chi connectivity index (χ3v) is 5.12. The number of amides is 1. The fourth-order valence-corrected chi connectivity index (χ4v) is 2.84. The smallest absolute Gasteiger partial charge is 0.310 e. The number of aliphatic carboxylic acids is 1. The van der Waals surface area contributed by atoms with Crippen molar-refractivity contribution in [2.75, 3.05) is 0 Å². The molecule has 0 aromatic carbocycles. The van der Waals surface area contributed by atoms with E-state index in [-0.39, 0.29) is 18.2 Å². The predicted octanol–water partition coefficient (Wildman–Crippen LogP) is 3.12. The number of aryl methyl sites for hydroxylation is 2. The van der Waals surface area contributed by atoms with E-state index in [1.54, 1.807) is 18.3 Å². The predicted molar refractivity (Wildman–Crippen MR) is 80.8 cm³/mol. The number of carbonyl (C=O) groups is 2. The maximum atomic E-state index is 12.0. The van der Waals surface area contributed by atoms with Gasteiger partial charge < -0.3 is 10.4 Å². The second-order valence-corrected chi connectivity index (χ2v) is 7.12. The summed E-state index contributed by atoms with van der Waals surface area (Å²) in [4.78, 5) is 25.6. The van der Waals surface area contributed by atoms with Gasteiger partial charge >= 0.3 is 5.97 Å². The van der Waals surface area contributed by atoms with Crippen molar-refractivity contribution in [2.24, 2.45) is 11.3 Å². The molecule has 0 bridgehead atoms. The SMILES string of the molecule is Cc1cc(CNC(=O)CC(C)(C(=O)O)C(C)C)sc1C. The highest BCUT2D eigenvalue weighted by atomic mass is 32.1. The molecule has 2 N–H and O–H groups in total. The van der Waals surface area contributed by atoms with E-state index >= 15 is 0 Å². The lowest BCUT2D eigenvalue weighted by atomic mass is 9.76. The first kappa shape index (κ1) is 16.7. The van der Waals surface area contributed by atoms with Crippen molar-refractivity contribution in [1.29, 1.82) is 0 Å². The normalized spacial score (nSPS) is 14.1. The molecule has 0 aliphatic rings. The van der Waals surface area contributed by atoms with Gasteiger partial charge in [-0.1, -0.05) is 13.8 Å². The van der Waals surface area contributed by atoms with Gasteiger partial charge in [-0.15, -0.1) is 11.3 Å². The molecular weight excluding hydrogens is 274 g/mol. The molecule has 0 aliphatic heterocycles. The molecule has 1 rings (SSSR count). The summed E-state index contributed by atoms with van der Waals surface area (Å²) < 4.78 is 0. The second kappa shape index (κ2) is 6.39. The van der Waals surface area contributed by atoms with Crippen molar-refractivity contribution in [3.63, 3.8) is 0 Å². The molecule has 1 amide bonds. The van der Waals surface area contributed by atoms with Crippen LogP contribution in [0.1, 0.15) is 42.5 Å². The minimum Gasteiger partial charge on any atom is -0.481 e. The lowest BCUT2D eigenvalue weighted by Crippen LogP contribution is -2.38. The fourth-order valence-electron chi connectivity index (χ4n) is 1.85. The van der Waals surface area contributed by atoms with Crippen LogP contribution in [0.2, 0.25) is 0 Å². The second-order valence-electron chi connectivity index (χ2n) is 5.78. The number of rotatable bonds is 6. The summed E-state index contributed by atoms with van der Waals surface area (Å²) in [6.07, 6.45) is 0.00331. The van der Waals surface area contributed by atoms with E-state index in [0.717, 1.165) is 4.88 Å². The van der Waals surface area contributed by atoms with Crippen molar-refractivity contribution in [3.05, 3.63) is 21.4 Å². The van der Waals surface area contributed by atoms with E-state index < -0.39 is 11.4 Å². The Bertz CT molecular complexity index is 488. The molecule has 1 unspecified atom stereocenters. The summed E-state index contributed by atoms with van der Waals surface area (Å²) in [5.74, 6) is -1.24. The van der Waals surface area contributed by atoms with Crippen LogP contribution in [0, 0.1) is 25.2 Å². The number of carbonyl (C=O) groups excluding carboxylic acids is 1. The molecule has 0 spiro atoms. The minimum absolute atomic E-state index is 0.00331. The highest BCUT2D eigenvalue weighted by Crippen LogP contribution is 2.31. The Balaban J connectivity index is 2.61. The molecule has 0 aliphatic carbocycles. The summed E-state index contributed by atoms with van der Waals surface area (Å²) >= 11 is 1.66. The average molecular weight is 297 g/mol. The van der Waals surface area contributed by atoms with E-state index in [2.05, 4.69) is 11.4 Å². The van der Waals surface area contributed by atoms with Gasteiger partial charge in [-0.25, -0.2) is 0 Å². The van der Waals surface area contributed by atoms with Crippen LogP contribution in [0.15, 0.2) is 6.07 Å². The summed E-state index contributed by atoms with van der Waals surface area (Å²) in [7, 11) is 0. The Labute approximate surface area is 124 Å². The number of hydrogen-bond donors (Lipinski definition) is 2. The molecule has 0 fully saturated rings. The van der Waals surface area contributed by atoms with Crippen LogP contribution in [0.4, 0.5) is 0 Å². The molecular formula is C15H23NO3S. The Morgan fingerprint density at radius 3 is 2.40 bits per heavy atom. The average Bonchev–Trinajstić information content (AvgIpc) is 2.65. The zero-order valence-corrected chi connectivity index (χ0v) is 13.6. The molecule has 1 aromatic heterocycles. The zero-order valence-electron chi connectivity index (χ0n) is 12.7. The summed E-state index contributed by atoms with van der Waals surface area (Å²) in [6.45, 7) is 9.83. The molecule has 20 heavy (non-hydrogen) atoms. The molecule has 1 aromatic rings. The first-order valence-electron chi connectivity index (χ1n) is 6.73. The lowest BCUT2D eigenvalue weighted by Gasteiger charge is -2.28. The van der Waals surface area contributed by atoms with Crippen molar-refractivity contribution in [1.82, 2.24) is 5.32 Å². The van der Waals surface area contributed by atoms with E-state index in [1.165, 1.54) is 10.4 Å². The maximum Gasteiger partial charge on any atom is 0.310 e. The van der Waals surface area contributed by atoms with Gasteiger partial charge in [0, 0.05) is 16.2 Å². The van der Waals surface area contributed by atoms with Crippen LogP contribution >= 0.6 is 11.3 Å². The Hall–Kier alpha value is -1.36. The van der Waals surface area contributed by atoms with Gasteiger partial charge in [0.25, 0.3) is 0 Å². The van der Waals surface area contributed by atoms with Gasteiger partial charge in [-0.2, -0.15) is 0 Å². The Kier molecular flexibility index (Phi) is 5.34. The topological polar surface area (TPSA) is 66.4 Å². The number of carboxylic acid groups (broad SMARTS) is 1. The van der Waals surface area contributed by atoms with Crippen molar-refractivity contribution in [3.8, 4) is 0 Å². The third kappa shape index (κ3) is 3.82. The van der Waals surface area contributed by atoms with Crippen LogP contribution in [-0.2, 0) is 16.1 Å². The monoisotopic (exact) mass is 297 g/mol. The van der Waals surface area contributed by atoms with Crippen LogP contribution < -0.4 is 5.32 Å². The largest absolute Gasteiger partial charge is 0.481 e. The quantitative estimate of drug-likeness (QED) is 0.848. The van der Waals surface area contributed by atoms with Gasteiger partial charge in [0.15, 0.2) is 0 Å². The molecule has 1 heterocycles. The molecule has 0 saturated carbocycles. The minimum atomic E-state index is -1.02. The van der Waals surface area contributed by atoms with Gasteiger partial charge in [0.2, 0.25) is 5.91 Å². The van der Waals surface area contributed by atoms with Crippen molar-refractivity contribution < 1.29 is 14.7 Å². The number of nitrogens with one attached hydrogen (secondary N) is 1.